The van der Waals surface area contributed by atoms with Crippen molar-refractivity contribution in [2.45, 2.75) is 42.2 Å². The van der Waals surface area contributed by atoms with Gasteiger partial charge in [0.2, 0.25) is 11.9 Å². The Morgan fingerprint density at radius 2 is 1.84 bits per heavy atom. The van der Waals surface area contributed by atoms with Crippen LogP contribution < -0.4 is 16.0 Å². The molecule has 4 aromatic rings. The average molecular weight is 609 g/mol. The molecule has 3 aromatic carbocycles. The topological polar surface area (TPSA) is 103 Å². The summed E-state index contributed by atoms with van der Waals surface area (Å²) >= 11 is 0. The predicted octanol–water partition coefficient (Wildman–Crippen LogP) is 7.66. The van der Waals surface area contributed by atoms with E-state index in [0.29, 0.717) is 42.3 Å². The quantitative estimate of drug-likeness (QED) is 0.178. The van der Waals surface area contributed by atoms with Crippen molar-refractivity contribution in [3.63, 3.8) is 0 Å². The fourth-order valence-electron chi connectivity index (χ4n) is 5.13. The van der Waals surface area contributed by atoms with Crippen LogP contribution in [0.1, 0.15) is 36.8 Å². The fourth-order valence-corrected chi connectivity index (χ4v) is 6.37. The van der Waals surface area contributed by atoms with Gasteiger partial charge >= 0.3 is 6.18 Å². The molecule has 1 atom stereocenters. The van der Waals surface area contributed by atoms with Crippen molar-refractivity contribution in [1.82, 2.24) is 9.97 Å². The van der Waals surface area contributed by atoms with E-state index in [-0.39, 0.29) is 11.3 Å². The average Bonchev–Trinajstić information content (AvgIpc) is 3.80. The molecule has 0 spiro atoms. The van der Waals surface area contributed by atoms with Gasteiger partial charge in [-0.05, 0) is 73.2 Å². The predicted molar refractivity (Wildman–Crippen MR) is 159 cm³/mol. The van der Waals surface area contributed by atoms with Crippen LogP contribution in [0.4, 0.5) is 40.7 Å². The Bertz CT molecular complexity index is 1720. The molecular formula is C31H28F4N6OS. The summed E-state index contributed by atoms with van der Waals surface area (Å²) in [5, 5.41) is 9.09. The Balaban J connectivity index is 1.24. The first-order valence-corrected chi connectivity index (χ1v) is 15.2. The highest BCUT2D eigenvalue weighted by Crippen LogP contribution is 2.50. The number of halogens is 4. The number of anilines is 4. The molecule has 12 heteroatoms. The van der Waals surface area contributed by atoms with E-state index in [9.17, 15) is 18.0 Å². The number of nitrogens with zero attached hydrogens (tertiary/aromatic N) is 2. The van der Waals surface area contributed by atoms with Gasteiger partial charge in [0.1, 0.15) is 11.6 Å². The molecule has 222 valence electrons. The van der Waals surface area contributed by atoms with Gasteiger partial charge in [-0.3, -0.25) is 9.57 Å². The first kappa shape index (κ1) is 28.8. The number of rotatable bonds is 4. The molecule has 1 saturated carbocycles. The van der Waals surface area contributed by atoms with E-state index in [1.54, 1.807) is 12.3 Å². The molecule has 0 saturated heterocycles. The fraction of sp³-hybridized carbons (Fsp3) is 0.258. The molecule has 0 radical (unpaired) electrons. The van der Waals surface area contributed by atoms with E-state index >= 15 is 4.39 Å². The molecule has 2 aliphatic rings. The van der Waals surface area contributed by atoms with Crippen molar-refractivity contribution in [2.75, 3.05) is 28.2 Å². The number of hydrogen-bond donors (Lipinski definition) is 4. The Labute approximate surface area is 248 Å². The molecule has 7 nitrogen and oxygen atoms in total. The molecule has 1 aromatic heterocycles. The van der Waals surface area contributed by atoms with E-state index in [0.717, 1.165) is 41.3 Å². The SMILES string of the molecule is N=S1CCCCNc2nc(ncc2-c2ccc(NC(=O)C3(c4cccc(C(F)(F)F)c4)CC3)c(F)c2)Nc2cccc1c2. The van der Waals surface area contributed by atoms with Crippen LogP contribution in [0.25, 0.3) is 11.1 Å². The van der Waals surface area contributed by atoms with Crippen LogP contribution in [0.2, 0.25) is 0 Å². The summed E-state index contributed by atoms with van der Waals surface area (Å²) in [5.41, 5.74) is 0.0710. The minimum Gasteiger partial charge on any atom is -0.369 e. The van der Waals surface area contributed by atoms with Crippen LogP contribution in [0.5, 0.6) is 0 Å². The standard InChI is InChI=1S/C31H28F4N6OS/c32-25-15-19(9-10-26(25)40-28(42)30(11-12-30)20-5-3-6-21(16-20)31(33,34)35)24-18-38-29-39-22-7-4-8-23(17-22)43(36)14-2-1-13-37-27(24)41-29/h3-10,15-18,36H,1-2,11-14H2,(H,40,42)(H2,37,38,39,41). The monoisotopic (exact) mass is 608 g/mol. The van der Waals surface area contributed by atoms with Gasteiger partial charge in [0.15, 0.2) is 0 Å². The number of carbonyl (C=O) groups is 1. The number of alkyl halides is 3. The van der Waals surface area contributed by atoms with Crippen molar-refractivity contribution >= 4 is 39.7 Å². The summed E-state index contributed by atoms with van der Waals surface area (Å²) < 4.78 is 63.6. The Morgan fingerprint density at radius 1 is 1.02 bits per heavy atom. The van der Waals surface area contributed by atoms with E-state index in [1.165, 1.54) is 24.3 Å². The second-order valence-corrected chi connectivity index (χ2v) is 12.3. The van der Waals surface area contributed by atoms with Crippen LogP contribution >= 0.6 is 0 Å². The molecule has 43 heavy (non-hydrogen) atoms. The third-order valence-corrected chi connectivity index (χ3v) is 9.21. The van der Waals surface area contributed by atoms with Crippen molar-refractivity contribution in [3.05, 3.63) is 89.9 Å². The van der Waals surface area contributed by atoms with Gasteiger partial charge in [0, 0.05) is 34.6 Å². The zero-order chi connectivity index (χ0) is 30.2. The molecule has 1 aliphatic carbocycles. The first-order valence-electron chi connectivity index (χ1n) is 13.8. The van der Waals surface area contributed by atoms with Gasteiger partial charge in [-0.1, -0.05) is 41.0 Å². The molecule has 6 rings (SSSR count). The summed E-state index contributed by atoms with van der Waals surface area (Å²) in [7, 11) is -0.625. The normalized spacial score (nSPS) is 17.7. The third kappa shape index (κ3) is 6.10. The molecule has 1 fully saturated rings. The zero-order valence-electron chi connectivity index (χ0n) is 22.9. The van der Waals surface area contributed by atoms with Crippen LogP contribution in [0, 0.1) is 10.6 Å². The van der Waals surface area contributed by atoms with Crippen LogP contribution in [0.3, 0.4) is 0 Å². The lowest BCUT2D eigenvalue weighted by atomic mass is 9.93. The van der Waals surface area contributed by atoms with E-state index in [4.69, 9.17) is 4.78 Å². The van der Waals surface area contributed by atoms with Crippen molar-refractivity contribution in [2.24, 2.45) is 0 Å². The summed E-state index contributed by atoms with van der Waals surface area (Å²) in [6.45, 7) is 0.604. The lowest BCUT2D eigenvalue weighted by Crippen LogP contribution is -2.28. The van der Waals surface area contributed by atoms with Gasteiger partial charge in [0.25, 0.3) is 0 Å². The summed E-state index contributed by atoms with van der Waals surface area (Å²) in [5.74, 6) is 0.367. The van der Waals surface area contributed by atoms with Gasteiger partial charge in [0.05, 0.1) is 16.7 Å². The number of aromatic nitrogens is 2. The lowest BCUT2D eigenvalue weighted by molar-refractivity contribution is -0.137. The van der Waals surface area contributed by atoms with Gasteiger partial charge in [-0.25, -0.2) is 9.37 Å². The third-order valence-electron chi connectivity index (χ3n) is 7.69. The zero-order valence-corrected chi connectivity index (χ0v) is 23.7. The maximum Gasteiger partial charge on any atom is 0.416 e. The van der Waals surface area contributed by atoms with Crippen molar-refractivity contribution in [3.8, 4) is 11.1 Å². The second kappa shape index (κ2) is 11.4. The number of nitrogens with one attached hydrogen (secondary N) is 4. The first-order chi connectivity index (χ1) is 20.6. The van der Waals surface area contributed by atoms with E-state index < -0.39 is 39.6 Å². The van der Waals surface area contributed by atoms with E-state index in [2.05, 4.69) is 25.9 Å². The largest absolute Gasteiger partial charge is 0.416 e. The van der Waals surface area contributed by atoms with Crippen LogP contribution in [-0.4, -0.2) is 28.2 Å². The summed E-state index contributed by atoms with van der Waals surface area (Å²) in [4.78, 5) is 23.2. The summed E-state index contributed by atoms with van der Waals surface area (Å²) in [6.07, 6.45) is -0.506. The molecule has 1 amide bonds. The maximum atomic E-state index is 15.4. The summed E-state index contributed by atoms with van der Waals surface area (Å²) in [6, 6.07) is 16.8. The Kier molecular flexibility index (Phi) is 7.63. The van der Waals surface area contributed by atoms with Crippen molar-refractivity contribution in [1.29, 1.82) is 4.78 Å². The van der Waals surface area contributed by atoms with Gasteiger partial charge < -0.3 is 16.0 Å². The molecule has 2 heterocycles. The molecule has 1 aliphatic heterocycles. The number of hydrogen-bond acceptors (Lipinski definition) is 6. The number of benzene rings is 3. The highest BCUT2D eigenvalue weighted by Gasteiger charge is 2.52. The molecule has 4 bridgehead atoms. The van der Waals surface area contributed by atoms with Crippen LogP contribution in [0.15, 0.2) is 77.8 Å². The lowest BCUT2D eigenvalue weighted by Gasteiger charge is -2.18. The highest BCUT2D eigenvalue weighted by molar-refractivity contribution is 7.86. The minimum absolute atomic E-state index is 0.0650. The maximum absolute atomic E-state index is 15.4. The second-order valence-electron chi connectivity index (χ2n) is 10.6. The molecular weight excluding hydrogens is 580 g/mol. The van der Waals surface area contributed by atoms with Crippen LogP contribution in [-0.2, 0) is 27.1 Å². The molecule has 4 N–H and O–H groups in total. The van der Waals surface area contributed by atoms with E-state index in [1.807, 2.05) is 24.3 Å². The van der Waals surface area contributed by atoms with Gasteiger partial charge in [-0.15, -0.1) is 0 Å². The number of carbonyl (C=O) groups excluding carboxylic acids is 1. The smallest absolute Gasteiger partial charge is 0.369 e. The Hall–Kier alpha value is -4.32. The highest BCUT2D eigenvalue weighted by atomic mass is 32.2. The van der Waals surface area contributed by atoms with Crippen molar-refractivity contribution < 1.29 is 22.4 Å². The minimum atomic E-state index is -4.53. The Morgan fingerprint density at radius 3 is 2.60 bits per heavy atom. The number of amides is 1. The van der Waals surface area contributed by atoms with Gasteiger partial charge in [-0.2, -0.15) is 18.2 Å². The number of fused-ring (bicyclic) bond motifs is 4. The molecule has 1 unspecified atom stereocenters.